The molecule has 4 aliphatic heterocycles. The molecule has 3 N–H and O–H groups in total. The van der Waals surface area contributed by atoms with Gasteiger partial charge in [0.25, 0.3) is 0 Å². The SMILES string of the molecule is [2H]C1C=C2C=C3C=CC(=N3)C=c3ccc([nH]3)=CC3=NC(=CC1(CO)N2)C=C3. The number of nitrogens with zero attached hydrogens (tertiary/aromatic N) is 2. The lowest BCUT2D eigenvalue weighted by molar-refractivity contribution is 0.214. The van der Waals surface area contributed by atoms with E-state index in [1.54, 1.807) is 6.08 Å². The average Bonchev–Trinajstić information content (AvgIpc) is 3.40. The second kappa shape index (κ2) is 5.68. The Labute approximate surface area is 152 Å². The van der Waals surface area contributed by atoms with Gasteiger partial charge in [0.1, 0.15) is 0 Å². The molecule has 1 aromatic rings. The molecular weight excluding hydrogens is 324 g/mol. The minimum absolute atomic E-state index is 0.200. The molecule has 5 nitrogen and oxygen atoms in total. The summed E-state index contributed by atoms with van der Waals surface area (Å²) in [5.41, 5.74) is 3.09. The van der Waals surface area contributed by atoms with Crippen molar-refractivity contribution in [2.45, 2.75) is 11.9 Å². The molecule has 128 valence electrons. The van der Waals surface area contributed by atoms with E-state index in [4.69, 9.17) is 1.37 Å². The Morgan fingerprint density at radius 3 is 2.42 bits per heavy atom. The molecule has 8 bridgehead atoms. The number of fused-ring (bicyclic) bond motifs is 6. The van der Waals surface area contributed by atoms with Crippen LogP contribution >= 0.6 is 0 Å². The molecule has 1 aromatic heterocycles. The summed E-state index contributed by atoms with van der Waals surface area (Å²) in [6.07, 6.45) is 16.6. The minimum atomic E-state index is -0.900. The summed E-state index contributed by atoms with van der Waals surface area (Å²) < 4.78 is 8.45. The van der Waals surface area contributed by atoms with E-state index in [1.807, 2.05) is 60.7 Å². The van der Waals surface area contributed by atoms with Crippen molar-refractivity contribution in [1.29, 1.82) is 0 Å². The van der Waals surface area contributed by atoms with Crippen molar-refractivity contribution >= 4 is 23.6 Å². The van der Waals surface area contributed by atoms with Crippen LogP contribution in [0.15, 0.2) is 81.7 Å². The molecule has 0 saturated heterocycles. The van der Waals surface area contributed by atoms with Crippen LogP contribution in [0, 0.1) is 0 Å². The molecule has 5 rings (SSSR count). The molecule has 0 aromatic carbocycles. The summed E-state index contributed by atoms with van der Waals surface area (Å²) in [6.45, 7) is -0.200. The predicted octanol–water partition coefficient (Wildman–Crippen LogP) is 0.987. The van der Waals surface area contributed by atoms with E-state index in [0.29, 0.717) is 0 Å². The minimum Gasteiger partial charge on any atom is -0.394 e. The monoisotopic (exact) mass is 343 g/mol. The molecule has 5 heterocycles. The lowest BCUT2D eigenvalue weighted by Gasteiger charge is -2.25. The number of aromatic nitrogens is 1. The summed E-state index contributed by atoms with van der Waals surface area (Å²) in [7, 11) is 0. The summed E-state index contributed by atoms with van der Waals surface area (Å²) >= 11 is 0. The second-order valence-corrected chi connectivity index (χ2v) is 6.65. The highest BCUT2D eigenvalue weighted by Gasteiger charge is 2.31. The Balaban J connectivity index is 1.69. The number of hydrogen-bond donors (Lipinski definition) is 3. The van der Waals surface area contributed by atoms with Crippen LogP contribution in [0.3, 0.4) is 0 Å². The molecule has 2 atom stereocenters. The topological polar surface area (TPSA) is 72.8 Å². The highest BCUT2D eigenvalue weighted by atomic mass is 16.3. The number of rotatable bonds is 1. The zero-order valence-corrected chi connectivity index (χ0v) is 14.0. The smallest absolute Gasteiger partial charge is 0.0846 e. The molecule has 2 unspecified atom stereocenters. The fraction of sp³-hybridized carbons (Fsp3) is 0.143. The van der Waals surface area contributed by atoms with E-state index >= 15 is 0 Å². The first kappa shape index (κ1) is 14.0. The molecule has 26 heavy (non-hydrogen) atoms. The Morgan fingerprint density at radius 2 is 1.69 bits per heavy atom. The molecule has 5 heteroatoms. The third-order valence-electron chi connectivity index (χ3n) is 4.61. The molecular formula is C21H18N4O. The summed E-state index contributed by atoms with van der Waals surface area (Å²) in [4.78, 5) is 12.6. The van der Waals surface area contributed by atoms with Crippen LogP contribution in [0.5, 0.6) is 0 Å². The average molecular weight is 343 g/mol. The molecule has 0 spiro atoms. The van der Waals surface area contributed by atoms with Gasteiger partial charge in [-0.3, -0.25) is 0 Å². The van der Waals surface area contributed by atoms with Crippen molar-refractivity contribution in [3.05, 3.63) is 82.5 Å². The van der Waals surface area contributed by atoms with Gasteiger partial charge in [0, 0.05) is 17.8 Å². The van der Waals surface area contributed by atoms with Gasteiger partial charge in [0.05, 0.1) is 35.0 Å². The van der Waals surface area contributed by atoms with Crippen LogP contribution in [-0.4, -0.2) is 33.7 Å². The van der Waals surface area contributed by atoms with Crippen molar-refractivity contribution in [1.82, 2.24) is 10.3 Å². The van der Waals surface area contributed by atoms with E-state index in [0.717, 1.165) is 39.2 Å². The van der Waals surface area contributed by atoms with Crippen molar-refractivity contribution < 1.29 is 6.48 Å². The maximum atomic E-state index is 10.0. The Kier molecular flexibility index (Phi) is 3.06. The van der Waals surface area contributed by atoms with Crippen molar-refractivity contribution in [2.24, 2.45) is 9.98 Å². The second-order valence-electron chi connectivity index (χ2n) is 6.65. The highest BCUT2D eigenvalue weighted by Crippen LogP contribution is 2.27. The van der Waals surface area contributed by atoms with Crippen molar-refractivity contribution in [2.75, 3.05) is 6.61 Å². The quantitative estimate of drug-likeness (QED) is 0.711. The first-order chi connectivity index (χ1) is 13.1. The number of H-pyrrole nitrogens is 1. The number of nitrogens with one attached hydrogen (secondary N) is 2. The molecule has 4 aliphatic rings. The third-order valence-corrected chi connectivity index (χ3v) is 4.61. The van der Waals surface area contributed by atoms with Gasteiger partial charge in [0.15, 0.2) is 0 Å². The summed E-state index contributed by atoms with van der Waals surface area (Å²) in [5.74, 6) is 0. The fourth-order valence-electron chi connectivity index (χ4n) is 3.35. The van der Waals surface area contributed by atoms with E-state index < -0.39 is 11.9 Å². The van der Waals surface area contributed by atoms with Crippen LogP contribution in [0.4, 0.5) is 0 Å². The zero-order chi connectivity index (χ0) is 18.4. The van der Waals surface area contributed by atoms with Crippen molar-refractivity contribution in [3.63, 3.8) is 0 Å². The lowest BCUT2D eigenvalue weighted by atomic mass is 9.97. The predicted molar refractivity (Wildman–Crippen MR) is 104 cm³/mol. The highest BCUT2D eigenvalue weighted by molar-refractivity contribution is 6.20. The first-order valence-corrected chi connectivity index (χ1v) is 8.52. The standard InChI is InChI=1S/C21H18N4O/c26-13-21-8-7-19(25-21)11-18-4-3-15(23-18)9-14-1-2-16(22-14)10-17-5-6-20(12-21)24-17/h1-7,9-12,22,25-26H,8,13H2/i8D. The normalized spacial score (nSPS) is 28.9. The van der Waals surface area contributed by atoms with E-state index in [9.17, 15) is 5.11 Å². The van der Waals surface area contributed by atoms with Crippen molar-refractivity contribution in [3.8, 4) is 0 Å². The number of aliphatic hydroxyl groups excluding tert-OH is 1. The number of aromatic amines is 1. The van der Waals surface area contributed by atoms with Gasteiger partial charge in [-0.25, -0.2) is 9.98 Å². The fourth-order valence-corrected chi connectivity index (χ4v) is 3.35. The number of hydrogen-bond acceptors (Lipinski definition) is 4. The van der Waals surface area contributed by atoms with Crippen LogP contribution in [-0.2, 0) is 0 Å². The summed E-state index contributed by atoms with van der Waals surface area (Å²) in [5, 5.41) is 15.3. The van der Waals surface area contributed by atoms with Gasteiger partial charge < -0.3 is 15.4 Å². The number of aliphatic hydroxyl groups is 1. The first-order valence-electron chi connectivity index (χ1n) is 9.09. The number of allylic oxidation sites excluding steroid dienone is 5. The molecule has 0 saturated carbocycles. The largest absolute Gasteiger partial charge is 0.394 e. The lowest BCUT2D eigenvalue weighted by Crippen LogP contribution is -2.42. The molecule has 0 amide bonds. The summed E-state index contributed by atoms with van der Waals surface area (Å²) in [6, 6.07) is 4.01. The Bertz CT molecular complexity index is 1160. The van der Waals surface area contributed by atoms with Gasteiger partial charge >= 0.3 is 0 Å². The maximum Gasteiger partial charge on any atom is 0.0846 e. The molecule has 0 radical (unpaired) electrons. The van der Waals surface area contributed by atoms with Crippen LogP contribution < -0.4 is 16.0 Å². The van der Waals surface area contributed by atoms with E-state index in [2.05, 4.69) is 20.3 Å². The van der Waals surface area contributed by atoms with Gasteiger partial charge in [-0.15, -0.1) is 0 Å². The number of aliphatic imine (C=N–C) groups is 2. The molecule has 0 fully saturated rings. The zero-order valence-electron chi connectivity index (χ0n) is 15.0. The van der Waals surface area contributed by atoms with Crippen LogP contribution in [0.25, 0.3) is 12.2 Å². The van der Waals surface area contributed by atoms with Gasteiger partial charge in [0.2, 0.25) is 0 Å². The van der Waals surface area contributed by atoms with Crippen LogP contribution in [0.1, 0.15) is 7.77 Å². The van der Waals surface area contributed by atoms with Gasteiger partial charge in [-0.05, 0) is 67.1 Å². The van der Waals surface area contributed by atoms with E-state index in [-0.39, 0.29) is 6.61 Å². The van der Waals surface area contributed by atoms with Crippen LogP contribution in [0.2, 0.25) is 0 Å². The molecule has 0 aliphatic carbocycles. The Morgan fingerprint density at radius 1 is 1.00 bits per heavy atom. The maximum absolute atomic E-state index is 10.0. The third kappa shape index (κ3) is 2.72. The Hall–Kier alpha value is -3.18. The van der Waals surface area contributed by atoms with E-state index in [1.165, 1.54) is 0 Å². The van der Waals surface area contributed by atoms with Gasteiger partial charge in [-0.1, -0.05) is 6.08 Å². The van der Waals surface area contributed by atoms with Gasteiger partial charge in [-0.2, -0.15) is 0 Å².